The number of aryl methyl sites for hydroxylation is 1. The minimum atomic E-state index is 0.102. The summed E-state index contributed by atoms with van der Waals surface area (Å²) < 4.78 is 0. The Morgan fingerprint density at radius 2 is 1.67 bits per heavy atom. The molecule has 0 aliphatic rings. The molecule has 0 saturated carbocycles. The average Bonchev–Trinajstić information content (AvgIpc) is 2.62. The van der Waals surface area contributed by atoms with Crippen LogP contribution >= 0.6 is 35.0 Å². The summed E-state index contributed by atoms with van der Waals surface area (Å²) in [5.41, 5.74) is 3.81. The number of benzene rings is 2. The predicted octanol–water partition coefficient (Wildman–Crippen LogP) is 6.27. The second-order valence-corrected chi connectivity index (χ2v) is 9.52. The van der Waals surface area contributed by atoms with Gasteiger partial charge in [0.25, 0.3) is 0 Å². The van der Waals surface area contributed by atoms with Gasteiger partial charge in [0.15, 0.2) is 0 Å². The summed E-state index contributed by atoms with van der Waals surface area (Å²) in [5.74, 6) is 1.82. The largest absolute Gasteiger partial charge is 0.355 e. The van der Waals surface area contributed by atoms with E-state index >= 15 is 0 Å². The predicted molar refractivity (Wildman–Crippen MR) is 119 cm³/mol. The van der Waals surface area contributed by atoms with E-state index in [1.165, 1.54) is 11.1 Å². The first-order valence-corrected chi connectivity index (χ1v) is 11.0. The minimum absolute atomic E-state index is 0.102. The fraction of sp³-hybridized carbons (Fsp3) is 0.409. The van der Waals surface area contributed by atoms with Gasteiger partial charge >= 0.3 is 0 Å². The van der Waals surface area contributed by atoms with Crippen molar-refractivity contribution in [3.05, 3.63) is 69.2 Å². The molecule has 1 amide bonds. The van der Waals surface area contributed by atoms with Crippen molar-refractivity contribution in [1.82, 2.24) is 5.32 Å². The number of amides is 1. The number of halogens is 2. The third-order valence-electron chi connectivity index (χ3n) is 4.28. The quantitative estimate of drug-likeness (QED) is 0.506. The van der Waals surface area contributed by atoms with Gasteiger partial charge in [-0.3, -0.25) is 4.79 Å². The van der Waals surface area contributed by atoms with Crippen LogP contribution in [0.5, 0.6) is 0 Å². The lowest BCUT2D eigenvalue weighted by Gasteiger charge is -2.19. The lowest BCUT2D eigenvalue weighted by molar-refractivity contribution is -0.120. The topological polar surface area (TPSA) is 29.1 Å². The van der Waals surface area contributed by atoms with E-state index in [-0.39, 0.29) is 11.3 Å². The molecule has 0 aromatic heterocycles. The van der Waals surface area contributed by atoms with Crippen LogP contribution in [-0.2, 0) is 22.4 Å². The van der Waals surface area contributed by atoms with Crippen LogP contribution in [0.3, 0.4) is 0 Å². The van der Waals surface area contributed by atoms with Crippen LogP contribution < -0.4 is 5.32 Å². The number of carbonyl (C=O) groups excluding carboxylic acids is 1. The van der Waals surface area contributed by atoms with Crippen molar-refractivity contribution in [2.75, 3.05) is 12.3 Å². The fourth-order valence-corrected chi connectivity index (χ4v) is 3.73. The van der Waals surface area contributed by atoms with Gasteiger partial charge in [-0.1, -0.05) is 74.3 Å². The van der Waals surface area contributed by atoms with Crippen molar-refractivity contribution < 1.29 is 4.79 Å². The maximum Gasteiger partial charge on any atom is 0.220 e. The molecule has 2 rings (SSSR count). The number of carbonyl (C=O) groups is 1. The van der Waals surface area contributed by atoms with Crippen molar-refractivity contribution >= 4 is 40.9 Å². The zero-order chi connectivity index (χ0) is 19.9. The Morgan fingerprint density at radius 3 is 2.30 bits per heavy atom. The van der Waals surface area contributed by atoms with Gasteiger partial charge < -0.3 is 5.32 Å². The van der Waals surface area contributed by atoms with Gasteiger partial charge in [0, 0.05) is 24.5 Å². The summed E-state index contributed by atoms with van der Waals surface area (Å²) in [6.45, 7) is 7.28. The molecule has 0 fully saturated rings. The maximum absolute atomic E-state index is 12.0. The minimum Gasteiger partial charge on any atom is -0.355 e. The van der Waals surface area contributed by atoms with Crippen molar-refractivity contribution in [2.24, 2.45) is 0 Å². The lowest BCUT2D eigenvalue weighted by Crippen LogP contribution is -2.25. The first-order chi connectivity index (χ1) is 12.8. The molecule has 1 N–H and O–H groups in total. The molecule has 0 aliphatic heterocycles. The molecule has 2 aromatic carbocycles. The zero-order valence-electron chi connectivity index (χ0n) is 16.1. The highest BCUT2D eigenvalue weighted by atomic mass is 35.5. The van der Waals surface area contributed by atoms with Gasteiger partial charge in [-0.25, -0.2) is 0 Å². The van der Waals surface area contributed by atoms with Crippen LogP contribution in [0, 0.1) is 0 Å². The number of hydrogen-bond acceptors (Lipinski definition) is 2. The third-order valence-corrected chi connectivity index (χ3v) is 6.05. The molecule has 0 heterocycles. The molecule has 0 saturated heterocycles. The van der Waals surface area contributed by atoms with E-state index in [2.05, 4.69) is 50.4 Å². The Morgan fingerprint density at radius 1 is 1.00 bits per heavy atom. The number of nitrogens with one attached hydrogen (secondary N) is 1. The third kappa shape index (κ3) is 7.77. The van der Waals surface area contributed by atoms with Gasteiger partial charge in [0.05, 0.1) is 10.0 Å². The molecule has 27 heavy (non-hydrogen) atoms. The molecular formula is C22H27Cl2NOS. The molecule has 0 atom stereocenters. The summed E-state index contributed by atoms with van der Waals surface area (Å²) in [7, 11) is 0. The van der Waals surface area contributed by atoms with Crippen molar-refractivity contribution in [2.45, 2.75) is 44.8 Å². The summed E-state index contributed by atoms with van der Waals surface area (Å²) in [5, 5.41) is 4.15. The molecular weight excluding hydrogens is 397 g/mol. The van der Waals surface area contributed by atoms with Gasteiger partial charge in [-0.15, -0.1) is 0 Å². The molecule has 2 aromatic rings. The molecule has 2 nitrogen and oxygen atoms in total. The van der Waals surface area contributed by atoms with E-state index < -0.39 is 0 Å². The second-order valence-electron chi connectivity index (χ2n) is 7.60. The van der Waals surface area contributed by atoms with Crippen LogP contribution in [0.25, 0.3) is 0 Å². The number of rotatable bonds is 8. The van der Waals surface area contributed by atoms with Crippen LogP contribution in [0.2, 0.25) is 10.0 Å². The van der Waals surface area contributed by atoms with Crippen molar-refractivity contribution in [3.63, 3.8) is 0 Å². The van der Waals surface area contributed by atoms with Gasteiger partial charge in [-0.2, -0.15) is 11.8 Å². The summed E-state index contributed by atoms with van der Waals surface area (Å²) >= 11 is 13.7. The molecule has 146 valence electrons. The van der Waals surface area contributed by atoms with Gasteiger partial charge in [0.2, 0.25) is 5.91 Å². The Hall–Kier alpha value is -1.16. The molecule has 0 unspecified atom stereocenters. The Balaban J connectivity index is 1.62. The average molecular weight is 424 g/mol. The standard InChI is InChI=1S/C22H27Cl2NOS/c1-22(2,3)18-8-4-16(5-9-18)7-11-21(26)25-12-13-27-15-17-6-10-19(23)20(24)14-17/h4-6,8-10,14H,7,11-13,15H2,1-3H3,(H,25,26). The second kappa shape index (κ2) is 10.4. The van der Waals surface area contributed by atoms with Crippen LogP contribution in [0.15, 0.2) is 42.5 Å². The zero-order valence-corrected chi connectivity index (χ0v) is 18.5. The van der Waals surface area contributed by atoms with E-state index in [1.807, 2.05) is 18.2 Å². The first-order valence-electron chi connectivity index (χ1n) is 9.13. The molecule has 0 aliphatic carbocycles. The van der Waals surface area contributed by atoms with Crippen LogP contribution in [0.1, 0.15) is 43.9 Å². The SMILES string of the molecule is CC(C)(C)c1ccc(CCC(=O)NCCSCc2ccc(Cl)c(Cl)c2)cc1. The van der Waals surface area contributed by atoms with E-state index in [4.69, 9.17) is 23.2 Å². The fourth-order valence-electron chi connectivity index (χ4n) is 2.60. The summed E-state index contributed by atoms with van der Waals surface area (Å²) in [6.07, 6.45) is 1.29. The highest BCUT2D eigenvalue weighted by Crippen LogP contribution is 2.24. The first kappa shape index (κ1) is 22.1. The number of thioether (sulfide) groups is 1. The van der Waals surface area contributed by atoms with Crippen LogP contribution in [-0.4, -0.2) is 18.2 Å². The molecule has 0 spiro atoms. The number of hydrogen-bond donors (Lipinski definition) is 1. The molecule has 5 heteroatoms. The maximum atomic E-state index is 12.0. The van der Waals surface area contributed by atoms with Gasteiger partial charge in [0.1, 0.15) is 0 Å². The van der Waals surface area contributed by atoms with E-state index in [0.29, 0.717) is 23.0 Å². The van der Waals surface area contributed by atoms with Crippen LogP contribution in [0.4, 0.5) is 0 Å². The van der Waals surface area contributed by atoms with Gasteiger partial charge in [-0.05, 0) is 40.7 Å². The Labute approximate surface area is 177 Å². The van der Waals surface area contributed by atoms with E-state index in [1.54, 1.807) is 11.8 Å². The molecule has 0 bridgehead atoms. The smallest absolute Gasteiger partial charge is 0.220 e. The molecule has 0 radical (unpaired) electrons. The van der Waals surface area contributed by atoms with E-state index in [9.17, 15) is 4.79 Å². The highest BCUT2D eigenvalue weighted by molar-refractivity contribution is 7.98. The summed E-state index contributed by atoms with van der Waals surface area (Å²) in [6, 6.07) is 14.3. The summed E-state index contributed by atoms with van der Waals surface area (Å²) in [4.78, 5) is 12.0. The Bertz CT molecular complexity index is 754. The van der Waals surface area contributed by atoms with Crippen molar-refractivity contribution in [1.29, 1.82) is 0 Å². The lowest BCUT2D eigenvalue weighted by atomic mass is 9.86. The van der Waals surface area contributed by atoms with Crippen molar-refractivity contribution in [3.8, 4) is 0 Å². The highest BCUT2D eigenvalue weighted by Gasteiger charge is 2.13. The normalized spacial score (nSPS) is 11.4. The monoisotopic (exact) mass is 423 g/mol. The van der Waals surface area contributed by atoms with E-state index in [0.717, 1.165) is 23.5 Å². The Kier molecular flexibility index (Phi) is 8.53.